The molecule has 0 bridgehead atoms. The Morgan fingerprint density at radius 3 is 2.77 bits per heavy atom. The standard InChI is InChI=1S/C23H26F2N2O4/c1-27(2)15-4-6-20-17(8-15)18-9-16(30-21(12-28)23(18)31-20)10-22(29)26-11-13-7-14(24)3-5-19(13)25/h3-8,16,18,21,23,28H,9-12H2,1-2H3,(H,26,29)/t16-,18-,21+,23+/m1/s1. The molecule has 31 heavy (non-hydrogen) atoms. The smallest absolute Gasteiger partial charge is 0.222 e. The average molecular weight is 432 g/mol. The molecule has 0 unspecified atom stereocenters. The van der Waals surface area contributed by atoms with Gasteiger partial charge in [0.05, 0.1) is 19.1 Å². The summed E-state index contributed by atoms with van der Waals surface area (Å²) < 4.78 is 39.1. The normalized spacial score (nSPS) is 24.2. The molecule has 6 nitrogen and oxygen atoms in total. The molecule has 2 aromatic carbocycles. The van der Waals surface area contributed by atoms with Gasteiger partial charge in [-0.15, -0.1) is 0 Å². The van der Waals surface area contributed by atoms with E-state index in [0.717, 1.165) is 35.2 Å². The summed E-state index contributed by atoms with van der Waals surface area (Å²) in [4.78, 5) is 14.5. The number of nitrogens with zero attached hydrogens (tertiary/aromatic N) is 1. The number of ether oxygens (including phenoxy) is 2. The highest BCUT2D eigenvalue weighted by Crippen LogP contribution is 2.47. The lowest BCUT2D eigenvalue weighted by atomic mass is 9.84. The SMILES string of the molecule is CN(C)c1ccc2c(c1)[C@H]1C[C@H](CC(=O)NCc3cc(F)ccc3F)O[C@@H](CO)[C@H]1O2. The number of halogens is 2. The van der Waals surface area contributed by atoms with Crippen LogP contribution < -0.4 is 15.0 Å². The molecular weight excluding hydrogens is 406 g/mol. The number of anilines is 1. The van der Waals surface area contributed by atoms with Crippen LogP contribution in [0.5, 0.6) is 5.75 Å². The molecule has 0 radical (unpaired) electrons. The third-order valence-electron chi connectivity index (χ3n) is 5.90. The van der Waals surface area contributed by atoms with E-state index < -0.39 is 23.8 Å². The van der Waals surface area contributed by atoms with Crippen molar-refractivity contribution in [3.05, 3.63) is 59.2 Å². The van der Waals surface area contributed by atoms with Crippen LogP contribution in [0.2, 0.25) is 0 Å². The molecule has 2 heterocycles. The van der Waals surface area contributed by atoms with Gasteiger partial charge in [0.1, 0.15) is 29.6 Å². The Kier molecular flexibility index (Phi) is 6.11. The maximum atomic E-state index is 13.8. The van der Waals surface area contributed by atoms with Gasteiger partial charge in [0.2, 0.25) is 5.91 Å². The number of carbonyl (C=O) groups excluding carboxylic acids is 1. The topological polar surface area (TPSA) is 71.0 Å². The van der Waals surface area contributed by atoms with Gasteiger partial charge in [-0.25, -0.2) is 8.78 Å². The zero-order chi connectivity index (χ0) is 22.1. The van der Waals surface area contributed by atoms with Crippen LogP contribution in [0.4, 0.5) is 14.5 Å². The molecule has 0 spiro atoms. The molecule has 8 heteroatoms. The second-order valence-electron chi connectivity index (χ2n) is 8.24. The number of aliphatic hydroxyl groups is 1. The van der Waals surface area contributed by atoms with Crippen molar-refractivity contribution in [2.45, 2.75) is 43.6 Å². The first-order chi connectivity index (χ1) is 14.9. The Morgan fingerprint density at radius 2 is 2.03 bits per heavy atom. The van der Waals surface area contributed by atoms with E-state index in [1.54, 1.807) is 0 Å². The largest absolute Gasteiger partial charge is 0.487 e. The Hall–Kier alpha value is -2.71. The molecule has 0 aromatic heterocycles. The van der Waals surface area contributed by atoms with E-state index in [4.69, 9.17) is 9.47 Å². The van der Waals surface area contributed by atoms with Crippen LogP contribution in [0.1, 0.15) is 29.9 Å². The van der Waals surface area contributed by atoms with Crippen molar-refractivity contribution in [1.29, 1.82) is 0 Å². The first-order valence-electron chi connectivity index (χ1n) is 10.3. The van der Waals surface area contributed by atoms with E-state index in [9.17, 15) is 18.7 Å². The number of hydrogen-bond acceptors (Lipinski definition) is 5. The average Bonchev–Trinajstić information content (AvgIpc) is 3.11. The molecule has 0 saturated carbocycles. The van der Waals surface area contributed by atoms with Gasteiger partial charge in [-0.1, -0.05) is 0 Å². The molecule has 2 N–H and O–H groups in total. The molecule has 1 amide bonds. The minimum atomic E-state index is -0.574. The van der Waals surface area contributed by atoms with Gasteiger partial charge >= 0.3 is 0 Å². The first kappa shape index (κ1) is 21.5. The Balaban J connectivity index is 1.43. The van der Waals surface area contributed by atoms with Crippen molar-refractivity contribution in [1.82, 2.24) is 5.32 Å². The number of amides is 1. The van der Waals surface area contributed by atoms with Gasteiger partial charge in [-0.05, 0) is 42.8 Å². The van der Waals surface area contributed by atoms with E-state index in [1.807, 2.05) is 31.1 Å². The highest BCUT2D eigenvalue weighted by molar-refractivity contribution is 5.76. The van der Waals surface area contributed by atoms with Crippen LogP contribution in [-0.2, 0) is 16.1 Å². The van der Waals surface area contributed by atoms with Crippen LogP contribution in [0.15, 0.2) is 36.4 Å². The molecule has 2 aliphatic rings. The molecule has 0 aliphatic carbocycles. The zero-order valence-corrected chi connectivity index (χ0v) is 17.5. The lowest BCUT2D eigenvalue weighted by molar-refractivity contribution is -0.142. The van der Waals surface area contributed by atoms with Crippen LogP contribution in [0.25, 0.3) is 0 Å². The van der Waals surface area contributed by atoms with Crippen molar-refractivity contribution >= 4 is 11.6 Å². The highest BCUT2D eigenvalue weighted by Gasteiger charge is 2.46. The van der Waals surface area contributed by atoms with Crippen molar-refractivity contribution in [2.75, 3.05) is 25.6 Å². The predicted molar refractivity (Wildman–Crippen MR) is 111 cm³/mol. The molecule has 166 valence electrons. The highest BCUT2D eigenvalue weighted by atomic mass is 19.1. The monoisotopic (exact) mass is 432 g/mol. The number of carbonyl (C=O) groups is 1. The predicted octanol–water partition coefficient (Wildman–Crippen LogP) is 2.73. The van der Waals surface area contributed by atoms with Crippen LogP contribution >= 0.6 is 0 Å². The van der Waals surface area contributed by atoms with Crippen molar-refractivity contribution in [3.8, 4) is 5.75 Å². The minimum absolute atomic E-state index is 0.000682. The molecule has 1 fully saturated rings. The van der Waals surface area contributed by atoms with Gasteiger partial charge < -0.3 is 24.8 Å². The van der Waals surface area contributed by atoms with Crippen LogP contribution in [0, 0.1) is 11.6 Å². The Morgan fingerprint density at radius 1 is 1.23 bits per heavy atom. The number of aliphatic hydroxyl groups excluding tert-OH is 1. The molecule has 2 aromatic rings. The molecule has 4 atom stereocenters. The number of rotatable bonds is 6. The zero-order valence-electron chi connectivity index (χ0n) is 17.5. The van der Waals surface area contributed by atoms with E-state index in [2.05, 4.69) is 11.4 Å². The van der Waals surface area contributed by atoms with Crippen molar-refractivity contribution in [2.24, 2.45) is 0 Å². The number of nitrogens with one attached hydrogen (secondary N) is 1. The summed E-state index contributed by atoms with van der Waals surface area (Å²) in [6, 6.07) is 9.10. The van der Waals surface area contributed by atoms with E-state index in [-0.39, 0.29) is 43.1 Å². The van der Waals surface area contributed by atoms with Gasteiger partial charge in [-0.3, -0.25) is 4.79 Å². The summed E-state index contributed by atoms with van der Waals surface area (Å²) in [5.41, 5.74) is 2.17. The summed E-state index contributed by atoms with van der Waals surface area (Å²) >= 11 is 0. The van der Waals surface area contributed by atoms with Gasteiger partial charge in [0, 0.05) is 43.4 Å². The number of fused-ring (bicyclic) bond motifs is 3. The molecule has 2 aliphatic heterocycles. The summed E-state index contributed by atoms with van der Waals surface area (Å²) in [5, 5.41) is 12.5. The lowest BCUT2D eigenvalue weighted by Gasteiger charge is -2.37. The van der Waals surface area contributed by atoms with Gasteiger partial charge in [0.25, 0.3) is 0 Å². The maximum Gasteiger partial charge on any atom is 0.222 e. The third kappa shape index (κ3) is 4.50. The maximum absolute atomic E-state index is 13.8. The fourth-order valence-corrected chi connectivity index (χ4v) is 4.31. The fraction of sp³-hybridized carbons (Fsp3) is 0.435. The molecular formula is C23H26F2N2O4. The summed E-state index contributed by atoms with van der Waals surface area (Å²) in [6.07, 6.45) is -0.662. The summed E-state index contributed by atoms with van der Waals surface area (Å²) in [6.45, 7) is -0.328. The van der Waals surface area contributed by atoms with Crippen LogP contribution in [0.3, 0.4) is 0 Å². The Bertz CT molecular complexity index is 969. The van der Waals surface area contributed by atoms with Crippen molar-refractivity contribution in [3.63, 3.8) is 0 Å². The molecule has 4 rings (SSSR count). The summed E-state index contributed by atoms with van der Waals surface area (Å²) in [5.74, 6) is -0.691. The van der Waals surface area contributed by atoms with Crippen LogP contribution in [-0.4, -0.2) is 50.0 Å². The Labute approximate surface area is 179 Å². The van der Waals surface area contributed by atoms with Gasteiger partial charge in [-0.2, -0.15) is 0 Å². The number of hydrogen-bond donors (Lipinski definition) is 2. The van der Waals surface area contributed by atoms with Gasteiger partial charge in [0.15, 0.2) is 0 Å². The second kappa shape index (κ2) is 8.80. The second-order valence-corrected chi connectivity index (χ2v) is 8.24. The molecule has 1 saturated heterocycles. The van der Waals surface area contributed by atoms with Crippen molar-refractivity contribution < 1.29 is 28.2 Å². The lowest BCUT2D eigenvalue weighted by Crippen LogP contribution is -2.47. The van der Waals surface area contributed by atoms with E-state index >= 15 is 0 Å². The van der Waals surface area contributed by atoms with E-state index in [0.29, 0.717) is 6.42 Å². The first-order valence-corrected chi connectivity index (χ1v) is 10.3. The van der Waals surface area contributed by atoms with E-state index in [1.165, 1.54) is 0 Å². The fourth-order valence-electron chi connectivity index (χ4n) is 4.31. The summed E-state index contributed by atoms with van der Waals surface area (Å²) in [7, 11) is 3.92. The quantitative estimate of drug-likeness (QED) is 0.735. The minimum Gasteiger partial charge on any atom is -0.487 e. The third-order valence-corrected chi connectivity index (χ3v) is 5.90. The number of benzene rings is 2.